The number of aliphatic carboxylic acids is 1. The molecule has 0 unspecified atom stereocenters. The van der Waals surface area contributed by atoms with Crippen LogP contribution < -0.4 is 10.6 Å². The SMILES string of the molecule is O=C(O)C[C@@H]1NC(=O)CNC1=O. The normalized spacial score (nSPS) is 22.8. The predicted molar refractivity (Wildman–Crippen MR) is 37.2 cm³/mol. The Bertz CT molecular complexity index is 236. The van der Waals surface area contributed by atoms with Crippen LogP contribution in [-0.2, 0) is 14.4 Å². The molecule has 1 heterocycles. The van der Waals surface area contributed by atoms with Crippen LogP contribution in [-0.4, -0.2) is 35.5 Å². The lowest BCUT2D eigenvalue weighted by Gasteiger charge is -2.21. The summed E-state index contributed by atoms with van der Waals surface area (Å²) in [6.45, 7) is -0.0745. The Morgan fingerprint density at radius 2 is 2.25 bits per heavy atom. The summed E-state index contributed by atoms with van der Waals surface area (Å²) in [6.07, 6.45) is -0.377. The van der Waals surface area contributed by atoms with Crippen LogP contribution in [0.15, 0.2) is 0 Å². The van der Waals surface area contributed by atoms with Gasteiger partial charge in [0.15, 0.2) is 0 Å². The van der Waals surface area contributed by atoms with Crippen LogP contribution in [0.25, 0.3) is 0 Å². The van der Waals surface area contributed by atoms with E-state index in [-0.39, 0.29) is 18.9 Å². The quantitative estimate of drug-likeness (QED) is 0.452. The Balaban J connectivity index is 2.55. The molecule has 0 aromatic heterocycles. The van der Waals surface area contributed by atoms with Crippen molar-refractivity contribution in [1.82, 2.24) is 10.6 Å². The predicted octanol–water partition coefficient (Wildman–Crippen LogP) is -1.92. The van der Waals surface area contributed by atoms with E-state index in [9.17, 15) is 14.4 Å². The zero-order chi connectivity index (χ0) is 9.14. The molecule has 12 heavy (non-hydrogen) atoms. The van der Waals surface area contributed by atoms with Crippen LogP contribution in [0.1, 0.15) is 6.42 Å². The molecule has 0 saturated carbocycles. The molecule has 1 aliphatic rings. The van der Waals surface area contributed by atoms with E-state index in [1.54, 1.807) is 0 Å². The first-order valence-corrected chi connectivity index (χ1v) is 3.38. The topological polar surface area (TPSA) is 95.5 Å². The van der Waals surface area contributed by atoms with Crippen LogP contribution in [0, 0.1) is 0 Å². The number of piperazine rings is 1. The van der Waals surface area contributed by atoms with Crippen molar-refractivity contribution in [3.8, 4) is 0 Å². The van der Waals surface area contributed by atoms with Gasteiger partial charge in [0.05, 0.1) is 13.0 Å². The summed E-state index contributed by atoms with van der Waals surface area (Å²) in [5.41, 5.74) is 0. The number of nitrogens with one attached hydrogen (secondary N) is 2. The lowest BCUT2D eigenvalue weighted by Crippen LogP contribution is -2.56. The summed E-state index contributed by atoms with van der Waals surface area (Å²) in [7, 11) is 0. The third kappa shape index (κ3) is 1.94. The number of carbonyl (C=O) groups excluding carboxylic acids is 2. The Morgan fingerprint density at radius 3 is 2.83 bits per heavy atom. The molecule has 66 valence electrons. The van der Waals surface area contributed by atoms with Crippen molar-refractivity contribution in [3.05, 3.63) is 0 Å². The molecule has 0 aromatic rings. The van der Waals surface area contributed by atoms with Gasteiger partial charge in [0.1, 0.15) is 6.04 Å². The van der Waals surface area contributed by atoms with Gasteiger partial charge in [-0.2, -0.15) is 0 Å². The Kier molecular flexibility index (Phi) is 2.27. The molecule has 0 aliphatic carbocycles. The van der Waals surface area contributed by atoms with Gasteiger partial charge in [-0.15, -0.1) is 0 Å². The molecule has 0 radical (unpaired) electrons. The second kappa shape index (κ2) is 3.21. The van der Waals surface area contributed by atoms with E-state index < -0.39 is 17.9 Å². The minimum Gasteiger partial charge on any atom is -0.481 e. The number of carboxylic acids is 1. The monoisotopic (exact) mass is 172 g/mol. The maximum Gasteiger partial charge on any atom is 0.305 e. The smallest absolute Gasteiger partial charge is 0.305 e. The van der Waals surface area contributed by atoms with Crippen molar-refractivity contribution in [2.24, 2.45) is 0 Å². The van der Waals surface area contributed by atoms with Gasteiger partial charge in [0.2, 0.25) is 11.8 Å². The van der Waals surface area contributed by atoms with Gasteiger partial charge in [-0.1, -0.05) is 0 Å². The van der Waals surface area contributed by atoms with Crippen molar-refractivity contribution in [2.75, 3.05) is 6.54 Å². The second-order valence-electron chi connectivity index (χ2n) is 2.44. The van der Waals surface area contributed by atoms with Crippen molar-refractivity contribution >= 4 is 17.8 Å². The van der Waals surface area contributed by atoms with Crippen molar-refractivity contribution in [3.63, 3.8) is 0 Å². The molecule has 2 amide bonds. The van der Waals surface area contributed by atoms with Gasteiger partial charge >= 0.3 is 5.97 Å². The van der Waals surface area contributed by atoms with Crippen LogP contribution in [0.4, 0.5) is 0 Å². The second-order valence-corrected chi connectivity index (χ2v) is 2.44. The van der Waals surface area contributed by atoms with E-state index in [4.69, 9.17) is 5.11 Å². The summed E-state index contributed by atoms with van der Waals surface area (Å²) < 4.78 is 0. The van der Waals surface area contributed by atoms with Gasteiger partial charge < -0.3 is 15.7 Å². The van der Waals surface area contributed by atoms with Crippen LogP contribution in [0.5, 0.6) is 0 Å². The van der Waals surface area contributed by atoms with Gasteiger partial charge in [0, 0.05) is 0 Å². The van der Waals surface area contributed by atoms with Crippen molar-refractivity contribution in [2.45, 2.75) is 12.5 Å². The maximum atomic E-state index is 10.9. The van der Waals surface area contributed by atoms with E-state index in [0.29, 0.717) is 0 Å². The highest BCUT2D eigenvalue weighted by Crippen LogP contribution is 1.95. The number of carbonyl (C=O) groups is 3. The largest absolute Gasteiger partial charge is 0.481 e. The average Bonchev–Trinajstić information content (AvgIpc) is 1.96. The molecule has 1 saturated heterocycles. The fourth-order valence-electron chi connectivity index (χ4n) is 0.920. The fraction of sp³-hybridized carbons (Fsp3) is 0.500. The van der Waals surface area contributed by atoms with Gasteiger partial charge in [0.25, 0.3) is 0 Å². The minimum absolute atomic E-state index is 0.0745. The van der Waals surface area contributed by atoms with Crippen LogP contribution in [0.3, 0.4) is 0 Å². The van der Waals surface area contributed by atoms with Crippen molar-refractivity contribution in [1.29, 1.82) is 0 Å². The zero-order valence-electron chi connectivity index (χ0n) is 6.16. The highest BCUT2D eigenvalue weighted by molar-refractivity contribution is 5.96. The van der Waals surface area contributed by atoms with Crippen molar-refractivity contribution < 1.29 is 19.5 Å². The van der Waals surface area contributed by atoms with Crippen LogP contribution in [0.2, 0.25) is 0 Å². The van der Waals surface area contributed by atoms with E-state index in [1.165, 1.54) is 0 Å². The lowest BCUT2D eigenvalue weighted by atomic mass is 10.1. The Hall–Kier alpha value is -1.59. The first-order valence-electron chi connectivity index (χ1n) is 3.38. The summed E-state index contributed by atoms with van der Waals surface area (Å²) in [4.78, 5) is 31.8. The first-order chi connectivity index (χ1) is 5.59. The summed E-state index contributed by atoms with van der Waals surface area (Å²) in [5, 5.41) is 12.9. The molecule has 3 N–H and O–H groups in total. The van der Waals surface area contributed by atoms with E-state index in [2.05, 4.69) is 10.6 Å². The molecular formula is C6H8N2O4. The highest BCUT2D eigenvalue weighted by atomic mass is 16.4. The fourth-order valence-corrected chi connectivity index (χ4v) is 0.920. The number of hydrogen-bond acceptors (Lipinski definition) is 3. The third-order valence-corrected chi connectivity index (χ3v) is 1.45. The first kappa shape index (κ1) is 8.51. The average molecular weight is 172 g/mol. The Labute approximate surface area is 67.9 Å². The molecule has 6 heteroatoms. The molecule has 1 rings (SSSR count). The van der Waals surface area contributed by atoms with Gasteiger partial charge in [-0.25, -0.2) is 0 Å². The molecule has 0 aromatic carbocycles. The summed E-state index contributed by atoms with van der Waals surface area (Å²) in [6, 6.07) is -0.927. The van der Waals surface area contributed by atoms with E-state index in [0.717, 1.165) is 0 Å². The van der Waals surface area contributed by atoms with E-state index in [1.807, 2.05) is 0 Å². The molecule has 1 aliphatic heterocycles. The molecular weight excluding hydrogens is 164 g/mol. The maximum absolute atomic E-state index is 10.9. The molecule has 0 bridgehead atoms. The van der Waals surface area contributed by atoms with Crippen LogP contribution >= 0.6 is 0 Å². The molecule has 6 nitrogen and oxygen atoms in total. The number of amides is 2. The molecule has 1 fully saturated rings. The lowest BCUT2D eigenvalue weighted by molar-refractivity contribution is -0.142. The third-order valence-electron chi connectivity index (χ3n) is 1.45. The standard InChI is InChI=1S/C6H8N2O4/c9-4-2-7-6(12)3(8-4)1-5(10)11/h3H,1-2H2,(H,7,12)(H,8,9)(H,10,11)/t3-/m0/s1. The number of rotatable bonds is 2. The van der Waals surface area contributed by atoms with Gasteiger partial charge in [-0.3, -0.25) is 14.4 Å². The molecule has 1 atom stereocenters. The zero-order valence-corrected chi connectivity index (χ0v) is 6.16. The van der Waals surface area contributed by atoms with E-state index >= 15 is 0 Å². The van der Waals surface area contributed by atoms with Gasteiger partial charge in [-0.05, 0) is 0 Å². The highest BCUT2D eigenvalue weighted by Gasteiger charge is 2.27. The number of carboxylic acid groups (broad SMARTS) is 1. The number of hydrogen-bond donors (Lipinski definition) is 3. The minimum atomic E-state index is -1.11. The summed E-state index contributed by atoms with van der Waals surface area (Å²) in [5.74, 6) is -1.92. The summed E-state index contributed by atoms with van der Waals surface area (Å²) >= 11 is 0. The molecule has 0 spiro atoms. The Morgan fingerprint density at radius 1 is 1.58 bits per heavy atom.